The van der Waals surface area contributed by atoms with Gasteiger partial charge in [0.15, 0.2) is 10.9 Å². The Morgan fingerprint density at radius 3 is 2.47 bits per heavy atom. The number of carbonyl (C=O) groups is 2. The van der Waals surface area contributed by atoms with Crippen LogP contribution in [-0.2, 0) is 9.59 Å². The fourth-order valence-electron chi connectivity index (χ4n) is 2.95. The molecular weight excluding hydrogens is 426 g/mol. The van der Waals surface area contributed by atoms with Gasteiger partial charge in [-0.1, -0.05) is 55.4 Å². The van der Waals surface area contributed by atoms with Crippen LogP contribution in [0.25, 0.3) is 11.3 Å². The lowest BCUT2D eigenvalue weighted by Gasteiger charge is -2.14. The predicted molar refractivity (Wildman–Crippen MR) is 127 cm³/mol. The Balaban J connectivity index is 1.82. The maximum atomic E-state index is 12.8. The third-order valence-corrected chi connectivity index (χ3v) is 5.90. The van der Waals surface area contributed by atoms with Crippen molar-refractivity contribution in [2.45, 2.75) is 44.0 Å². The van der Waals surface area contributed by atoms with Crippen molar-refractivity contribution in [2.24, 2.45) is 0 Å². The number of aromatic amines is 1. The van der Waals surface area contributed by atoms with Crippen LogP contribution < -0.4 is 16.2 Å². The van der Waals surface area contributed by atoms with Crippen LogP contribution in [0, 0.1) is 6.92 Å². The lowest BCUT2D eigenvalue weighted by molar-refractivity contribution is -0.116. The minimum Gasteiger partial charge on any atom is -0.325 e. The van der Waals surface area contributed by atoms with Gasteiger partial charge in [0.1, 0.15) is 0 Å². The number of carbonyl (C=O) groups excluding carboxylic acids is 2. The summed E-state index contributed by atoms with van der Waals surface area (Å²) in [6, 6.07) is 14.5. The average molecular weight is 452 g/mol. The van der Waals surface area contributed by atoms with Crippen LogP contribution in [0.2, 0.25) is 0 Å². The zero-order valence-corrected chi connectivity index (χ0v) is 19.0. The molecule has 3 N–H and O–H groups in total. The molecule has 2 amide bonds. The molecule has 0 bridgehead atoms. The molecule has 2 aromatic carbocycles. The van der Waals surface area contributed by atoms with E-state index in [0.29, 0.717) is 29.8 Å². The third kappa shape index (κ3) is 5.82. The Labute approximate surface area is 190 Å². The normalized spacial score (nSPS) is 11.6. The van der Waals surface area contributed by atoms with E-state index < -0.39 is 10.8 Å². The Morgan fingerprint density at radius 2 is 1.81 bits per heavy atom. The van der Waals surface area contributed by atoms with Gasteiger partial charge < -0.3 is 10.6 Å². The van der Waals surface area contributed by atoms with E-state index in [1.54, 1.807) is 19.1 Å². The maximum Gasteiger partial charge on any atom is 0.278 e. The number of amides is 2. The summed E-state index contributed by atoms with van der Waals surface area (Å²) in [7, 11) is 0. The lowest BCUT2D eigenvalue weighted by Crippen LogP contribution is -2.25. The molecule has 0 saturated carbocycles. The van der Waals surface area contributed by atoms with Crippen molar-refractivity contribution >= 4 is 35.0 Å². The minimum absolute atomic E-state index is 0.103. The molecule has 0 saturated heterocycles. The van der Waals surface area contributed by atoms with Gasteiger partial charge in [0.05, 0.1) is 10.9 Å². The quantitative estimate of drug-likeness (QED) is 0.446. The molecule has 1 atom stereocenters. The standard InChI is InChI=1S/C23H25N5O3S/c1-4-18(21(30)24-15-9-7-6-8-10-15)32-23-26-22(31)20(27-28-23)16-13-14(3)11-12-17(16)25-19(29)5-2/h6-13,18H,4-5H2,1-3H3,(H,24,30)(H,25,29)(H,26,28,31). The largest absolute Gasteiger partial charge is 0.325 e. The molecule has 1 aromatic heterocycles. The first-order chi connectivity index (χ1) is 15.4. The second-order valence-corrected chi connectivity index (χ2v) is 8.32. The van der Waals surface area contributed by atoms with Crippen molar-refractivity contribution in [3.63, 3.8) is 0 Å². The molecule has 3 rings (SSSR count). The number of benzene rings is 2. The minimum atomic E-state index is -0.454. The number of rotatable bonds is 8. The summed E-state index contributed by atoms with van der Waals surface area (Å²) in [5.74, 6) is -0.347. The van der Waals surface area contributed by atoms with E-state index in [1.165, 1.54) is 0 Å². The molecule has 0 spiro atoms. The highest BCUT2D eigenvalue weighted by molar-refractivity contribution is 8.00. The zero-order chi connectivity index (χ0) is 23.1. The fraction of sp³-hybridized carbons (Fsp3) is 0.261. The number of para-hydroxylation sites is 1. The monoisotopic (exact) mass is 451 g/mol. The first-order valence-electron chi connectivity index (χ1n) is 10.3. The molecule has 9 heteroatoms. The van der Waals surface area contributed by atoms with Crippen molar-refractivity contribution in [1.29, 1.82) is 0 Å². The Bertz CT molecular complexity index is 1160. The van der Waals surface area contributed by atoms with Gasteiger partial charge in [0.25, 0.3) is 5.56 Å². The molecule has 166 valence electrons. The summed E-state index contributed by atoms with van der Waals surface area (Å²) >= 11 is 1.14. The number of hydrogen-bond acceptors (Lipinski definition) is 6. The number of H-pyrrole nitrogens is 1. The average Bonchev–Trinajstić information content (AvgIpc) is 2.79. The Morgan fingerprint density at radius 1 is 1.06 bits per heavy atom. The summed E-state index contributed by atoms with van der Waals surface area (Å²) in [4.78, 5) is 40.0. The van der Waals surface area contributed by atoms with E-state index >= 15 is 0 Å². The molecule has 0 aliphatic heterocycles. The second-order valence-electron chi connectivity index (χ2n) is 7.13. The SMILES string of the molecule is CCC(=O)Nc1ccc(C)cc1-c1nnc(SC(CC)C(=O)Nc2ccccc2)[nH]c1=O. The van der Waals surface area contributed by atoms with Crippen molar-refractivity contribution in [3.05, 3.63) is 64.4 Å². The van der Waals surface area contributed by atoms with Crippen molar-refractivity contribution < 1.29 is 9.59 Å². The maximum absolute atomic E-state index is 12.8. The summed E-state index contributed by atoms with van der Waals surface area (Å²) in [6.07, 6.45) is 0.855. The van der Waals surface area contributed by atoms with Crippen LogP contribution in [0.5, 0.6) is 0 Å². The van der Waals surface area contributed by atoms with Crippen molar-refractivity contribution in [1.82, 2.24) is 15.2 Å². The molecule has 3 aromatic rings. The molecule has 0 aliphatic carbocycles. The topological polar surface area (TPSA) is 117 Å². The van der Waals surface area contributed by atoms with Gasteiger partial charge in [-0.25, -0.2) is 0 Å². The molecule has 8 nitrogen and oxygen atoms in total. The molecule has 0 fully saturated rings. The van der Waals surface area contributed by atoms with Crippen LogP contribution >= 0.6 is 11.8 Å². The van der Waals surface area contributed by atoms with Gasteiger partial charge in [-0.2, -0.15) is 0 Å². The predicted octanol–water partition coefficient (Wildman–Crippen LogP) is 4.00. The van der Waals surface area contributed by atoms with E-state index in [9.17, 15) is 14.4 Å². The van der Waals surface area contributed by atoms with Gasteiger partial charge in [-0.15, -0.1) is 10.2 Å². The number of nitrogens with zero attached hydrogens (tertiary/aromatic N) is 2. The Hall–Kier alpha value is -3.46. The fourth-order valence-corrected chi connectivity index (χ4v) is 3.80. The second kappa shape index (κ2) is 10.7. The van der Waals surface area contributed by atoms with Gasteiger partial charge in [0, 0.05) is 17.7 Å². The smallest absolute Gasteiger partial charge is 0.278 e. The number of nitrogens with one attached hydrogen (secondary N) is 3. The van der Waals surface area contributed by atoms with Crippen LogP contribution in [0.1, 0.15) is 32.3 Å². The molecular formula is C23H25N5O3S. The first kappa shape index (κ1) is 23.2. The molecule has 0 radical (unpaired) electrons. The third-order valence-electron chi connectivity index (χ3n) is 4.66. The van der Waals surface area contributed by atoms with E-state index in [2.05, 4.69) is 25.8 Å². The highest BCUT2D eigenvalue weighted by Crippen LogP contribution is 2.27. The van der Waals surface area contributed by atoms with Gasteiger partial charge in [-0.3, -0.25) is 19.4 Å². The number of hydrogen-bond donors (Lipinski definition) is 3. The summed E-state index contributed by atoms with van der Waals surface area (Å²) < 4.78 is 0. The molecule has 1 unspecified atom stereocenters. The van der Waals surface area contributed by atoms with Gasteiger partial charge in [-0.05, 0) is 37.6 Å². The van der Waals surface area contributed by atoms with Gasteiger partial charge in [0.2, 0.25) is 11.8 Å². The lowest BCUT2D eigenvalue weighted by atomic mass is 10.1. The number of aromatic nitrogens is 3. The summed E-state index contributed by atoms with van der Waals surface area (Å²) in [6.45, 7) is 5.52. The molecule has 0 aliphatic rings. The number of anilines is 2. The van der Waals surface area contributed by atoms with Crippen molar-refractivity contribution in [2.75, 3.05) is 10.6 Å². The van der Waals surface area contributed by atoms with Crippen LogP contribution in [0.3, 0.4) is 0 Å². The zero-order valence-electron chi connectivity index (χ0n) is 18.1. The van der Waals surface area contributed by atoms with Crippen LogP contribution in [-0.4, -0.2) is 32.2 Å². The van der Waals surface area contributed by atoms with E-state index in [4.69, 9.17) is 0 Å². The molecule has 1 heterocycles. The number of thioether (sulfide) groups is 1. The highest BCUT2D eigenvalue weighted by atomic mass is 32.2. The first-order valence-corrected chi connectivity index (χ1v) is 11.2. The van der Waals surface area contributed by atoms with Crippen LogP contribution in [0.15, 0.2) is 58.5 Å². The van der Waals surface area contributed by atoms with Crippen molar-refractivity contribution in [3.8, 4) is 11.3 Å². The summed E-state index contributed by atoms with van der Waals surface area (Å²) in [5.41, 5.74) is 2.26. The van der Waals surface area contributed by atoms with E-state index in [-0.39, 0.29) is 22.7 Å². The molecule has 32 heavy (non-hydrogen) atoms. The summed E-state index contributed by atoms with van der Waals surface area (Å²) in [5, 5.41) is 13.7. The highest BCUT2D eigenvalue weighted by Gasteiger charge is 2.21. The van der Waals surface area contributed by atoms with Gasteiger partial charge >= 0.3 is 0 Å². The van der Waals surface area contributed by atoms with E-state index in [0.717, 1.165) is 17.3 Å². The van der Waals surface area contributed by atoms with Crippen LogP contribution in [0.4, 0.5) is 11.4 Å². The number of aryl methyl sites for hydroxylation is 1. The Kier molecular flexibility index (Phi) is 7.77. The van der Waals surface area contributed by atoms with E-state index in [1.807, 2.05) is 50.2 Å².